The fraction of sp³-hybridized carbons (Fsp3) is 0.158. The molecule has 3 heteroatoms. The van der Waals surface area contributed by atoms with Gasteiger partial charge in [0.05, 0.1) is 11.4 Å². The van der Waals surface area contributed by atoms with Gasteiger partial charge in [0.1, 0.15) is 6.10 Å². The zero-order chi connectivity index (χ0) is 14.8. The van der Waals surface area contributed by atoms with Crippen molar-refractivity contribution in [1.29, 1.82) is 0 Å². The van der Waals surface area contributed by atoms with Gasteiger partial charge in [-0.05, 0) is 17.0 Å². The van der Waals surface area contributed by atoms with Gasteiger partial charge in [-0.25, -0.2) is 0 Å². The maximum Gasteiger partial charge on any atom is 0.138 e. The molecular weight excluding hydrogens is 272 g/mol. The molecule has 2 aromatic carbocycles. The third-order valence-corrected chi connectivity index (χ3v) is 4.02. The SMILES string of the molecule is c1ccc(C2=NOC(Cc3nccc4ccccc34)C2)cc1. The molecule has 22 heavy (non-hydrogen) atoms. The maximum absolute atomic E-state index is 5.62. The van der Waals surface area contributed by atoms with Gasteiger partial charge in [-0.15, -0.1) is 0 Å². The van der Waals surface area contributed by atoms with E-state index in [2.05, 4.69) is 46.5 Å². The predicted molar refractivity (Wildman–Crippen MR) is 87.9 cm³/mol. The van der Waals surface area contributed by atoms with Gasteiger partial charge in [-0.2, -0.15) is 0 Å². The van der Waals surface area contributed by atoms with E-state index in [9.17, 15) is 0 Å². The topological polar surface area (TPSA) is 34.5 Å². The number of nitrogens with zero attached hydrogens (tertiary/aromatic N) is 2. The average molecular weight is 288 g/mol. The fourth-order valence-electron chi connectivity index (χ4n) is 2.90. The normalized spacial score (nSPS) is 17.3. The Labute approximate surface area is 129 Å². The highest BCUT2D eigenvalue weighted by molar-refractivity contribution is 6.01. The minimum absolute atomic E-state index is 0.0634. The Morgan fingerprint density at radius 3 is 2.68 bits per heavy atom. The summed E-state index contributed by atoms with van der Waals surface area (Å²) in [6.07, 6.45) is 3.54. The summed E-state index contributed by atoms with van der Waals surface area (Å²) in [7, 11) is 0. The third kappa shape index (κ3) is 2.46. The van der Waals surface area contributed by atoms with Gasteiger partial charge in [0, 0.05) is 24.4 Å². The summed E-state index contributed by atoms with van der Waals surface area (Å²) < 4.78 is 0. The Hall–Kier alpha value is -2.68. The van der Waals surface area contributed by atoms with E-state index in [1.807, 2.05) is 30.5 Å². The molecule has 1 aliphatic rings. The summed E-state index contributed by atoms with van der Waals surface area (Å²) in [6, 6.07) is 20.6. The molecule has 0 N–H and O–H groups in total. The van der Waals surface area contributed by atoms with Crippen LogP contribution < -0.4 is 0 Å². The number of fused-ring (bicyclic) bond motifs is 1. The predicted octanol–water partition coefficient (Wildman–Crippen LogP) is 3.97. The van der Waals surface area contributed by atoms with Crippen LogP contribution in [0.1, 0.15) is 17.7 Å². The zero-order valence-electron chi connectivity index (χ0n) is 12.1. The van der Waals surface area contributed by atoms with Gasteiger partial charge < -0.3 is 4.84 Å². The Morgan fingerprint density at radius 1 is 0.955 bits per heavy atom. The largest absolute Gasteiger partial charge is 0.391 e. The lowest BCUT2D eigenvalue weighted by atomic mass is 10.0. The van der Waals surface area contributed by atoms with Crippen molar-refractivity contribution in [3.05, 3.63) is 78.1 Å². The summed E-state index contributed by atoms with van der Waals surface area (Å²) >= 11 is 0. The summed E-state index contributed by atoms with van der Waals surface area (Å²) in [5.74, 6) is 0. The third-order valence-electron chi connectivity index (χ3n) is 4.02. The second-order valence-corrected chi connectivity index (χ2v) is 5.52. The van der Waals surface area contributed by atoms with Crippen LogP contribution in [-0.2, 0) is 11.3 Å². The van der Waals surface area contributed by atoms with E-state index in [4.69, 9.17) is 4.84 Å². The van der Waals surface area contributed by atoms with E-state index in [0.29, 0.717) is 0 Å². The molecule has 0 bridgehead atoms. The summed E-state index contributed by atoms with van der Waals surface area (Å²) in [5, 5.41) is 6.67. The van der Waals surface area contributed by atoms with Crippen molar-refractivity contribution in [2.45, 2.75) is 18.9 Å². The first-order valence-corrected chi connectivity index (χ1v) is 7.51. The highest BCUT2D eigenvalue weighted by Crippen LogP contribution is 2.23. The number of benzene rings is 2. The molecule has 4 rings (SSSR count). The Balaban J connectivity index is 1.54. The molecule has 0 aliphatic carbocycles. The van der Waals surface area contributed by atoms with Crippen LogP contribution in [0.15, 0.2) is 72.0 Å². The molecule has 1 unspecified atom stereocenters. The van der Waals surface area contributed by atoms with E-state index >= 15 is 0 Å². The first kappa shape index (κ1) is 13.0. The quantitative estimate of drug-likeness (QED) is 0.731. The maximum atomic E-state index is 5.62. The Kier molecular flexibility index (Phi) is 3.31. The number of hydrogen-bond acceptors (Lipinski definition) is 3. The fourth-order valence-corrected chi connectivity index (χ4v) is 2.90. The van der Waals surface area contributed by atoms with Crippen LogP contribution in [-0.4, -0.2) is 16.8 Å². The first-order chi connectivity index (χ1) is 10.9. The van der Waals surface area contributed by atoms with E-state index in [1.165, 1.54) is 10.8 Å². The minimum atomic E-state index is 0.0634. The number of rotatable bonds is 3. The van der Waals surface area contributed by atoms with E-state index in [1.54, 1.807) is 0 Å². The monoisotopic (exact) mass is 288 g/mol. The highest BCUT2D eigenvalue weighted by Gasteiger charge is 2.23. The molecule has 0 saturated heterocycles. The van der Waals surface area contributed by atoms with Gasteiger partial charge in [0.2, 0.25) is 0 Å². The average Bonchev–Trinajstić information content (AvgIpc) is 3.05. The molecule has 1 aliphatic heterocycles. The Morgan fingerprint density at radius 2 is 1.77 bits per heavy atom. The molecule has 2 heterocycles. The van der Waals surface area contributed by atoms with Gasteiger partial charge in [-0.3, -0.25) is 4.98 Å². The Bertz CT molecular complexity index is 822. The lowest BCUT2D eigenvalue weighted by molar-refractivity contribution is 0.0855. The van der Waals surface area contributed by atoms with Gasteiger partial charge in [0.25, 0.3) is 0 Å². The molecule has 0 fully saturated rings. The summed E-state index contributed by atoms with van der Waals surface area (Å²) in [6.45, 7) is 0. The number of aromatic nitrogens is 1. The van der Waals surface area contributed by atoms with E-state index in [0.717, 1.165) is 29.8 Å². The van der Waals surface area contributed by atoms with Gasteiger partial charge >= 0.3 is 0 Å². The van der Waals surface area contributed by atoms with E-state index in [-0.39, 0.29) is 6.10 Å². The van der Waals surface area contributed by atoms with Crippen molar-refractivity contribution in [2.75, 3.05) is 0 Å². The lowest BCUT2D eigenvalue weighted by Gasteiger charge is -2.09. The van der Waals surface area contributed by atoms with Crippen molar-refractivity contribution in [2.24, 2.45) is 5.16 Å². The van der Waals surface area contributed by atoms with Crippen LogP contribution >= 0.6 is 0 Å². The number of pyridine rings is 1. The minimum Gasteiger partial charge on any atom is -0.391 e. The van der Waals surface area contributed by atoms with Crippen LogP contribution in [0.4, 0.5) is 0 Å². The van der Waals surface area contributed by atoms with Crippen molar-refractivity contribution in [3.63, 3.8) is 0 Å². The zero-order valence-corrected chi connectivity index (χ0v) is 12.1. The van der Waals surface area contributed by atoms with Crippen molar-refractivity contribution < 1.29 is 4.84 Å². The lowest BCUT2D eigenvalue weighted by Crippen LogP contribution is -2.13. The first-order valence-electron chi connectivity index (χ1n) is 7.51. The smallest absolute Gasteiger partial charge is 0.138 e. The summed E-state index contributed by atoms with van der Waals surface area (Å²) in [5.41, 5.74) is 3.23. The number of oxime groups is 1. The molecule has 108 valence electrons. The van der Waals surface area contributed by atoms with Crippen LogP contribution in [0.2, 0.25) is 0 Å². The molecule has 0 amide bonds. The van der Waals surface area contributed by atoms with Crippen LogP contribution in [0.25, 0.3) is 10.8 Å². The van der Waals surface area contributed by atoms with Crippen LogP contribution in [0.5, 0.6) is 0 Å². The van der Waals surface area contributed by atoms with Crippen molar-refractivity contribution >= 4 is 16.5 Å². The molecule has 1 atom stereocenters. The van der Waals surface area contributed by atoms with Crippen molar-refractivity contribution in [3.8, 4) is 0 Å². The van der Waals surface area contributed by atoms with Crippen molar-refractivity contribution in [1.82, 2.24) is 4.98 Å². The molecule has 0 saturated carbocycles. The van der Waals surface area contributed by atoms with E-state index < -0.39 is 0 Å². The standard InChI is InChI=1S/C19H16N2O/c1-2-7-15(8-3-1)18-12-16(22-21-18)13-19-17-9-5-4-6-14(17)10-11-20-19/h1-11,16H,12-13H2. The molecule has 3 aromatic rings. The molecule has 0 spiro atoms. The second kappa shape index (κ2) is 5.60. The highest BCUT2D eigenvalue weighted by atomic mass is 16.6. The second-order valence-electron chi connectivity index (χ2n) is 5.52. The van der Waals surface area contributed by atoms with Crippen LogP contribution in [0, 0.1) is 0 Å². The van der Waals surface area contributed by atoms with Crippen LogP contribution in [0.3, 0.4) is 0 Å². The molecular formula is C19H16N2O. The number of hydrogen-bond donors (Lipinski definition) is 0. The molecule has 3 nitrogen and oxygen atoms in total. The molecule has 1 aromatic heterocycles. The molecule has 0 radical (unpaired) electrons. The summed E-state index contributed by atoms with van der Waals surface area (Å²) in [4.78, 5) is 10.2. The van der Waals surface area contributed by atoms with Gasteiger partial charge in [-0.1, -0.05) is 59.8 Å². The van der Waals surface area contributed by atoms with Gasteiger partial charge in [0.15, 0.2) is 0 Å².